The van der Waals surface area contributed by atoms with E-state index in [9.17, 15) is 0 Å². The van der Waals surface area contributed by atoms with Crippen LogP contribution in [-0.4, -0.2) is 74.5 Å². The summed E-state index contributed by atoms with van der Waals surface area (Å²) < 4.78 is 11.9. The minimum absolute atomic E-state index is 0.309. The minimum atomic E-state index is 0.309. The summed E-state index contributed by atoms with van der Waals surface area (Å²) in [7, 11) is 1.87. The third-order valence-electron chi connectivity index (χ3n) is 5.60. The van der Waals surface area contributed by atoms with Crippen LogP contribution in [0.5, 0.6) is 0 Å². The Morgan fingerprint density at radius 3 is 2.79 bits per heavy atom. The average Bonchev–Trinajstić information content (AvgIpc) is 2.79. The number of nitrogens with one attached hydrogen (secondary N) is 2. The van der Waals surface area contributed by atoms with Crippen LogP contribution in [0.25, 0.3) is 0 Å². The van der Waals surface area contributed by atoms with Crippen LogP contribution >= 0.6 is 0 Å². The number of aliphatic imine (C=N–C) groups is 1. The highest BCUT2D eigenvalue weighted by Gasteiger charge is 2.23. The molecule has 0 amide bonds. The van der Waals surface area contributed by atoms with Crippen molar-refractivity contribution >= 4 is 11.8 Å². The summed E-state index contributed by atoms with van der Waals surface area (Å²) in [5.74, 6) is 1.95. The maximum Gasteiger partial charge on any atom is 0.193 e. The second kappa shape index (κ2) is 12.6. The smallest absolute Gasteiger partial charge is 0.193 e. The normalized spacial score (nSPS) is 21.2. The van der Waals surface area contributed by atoms with Crippen molar-refractivity contribution in [2.24, 2.45) is 4.99 Å². The van der Waals surface area contributed by atoms with E-state index in [1.165, 1.54) is 12.8 Å². The minimum Gasteiger partial charge on any atom is -0.376 e. The highest BCUT2D eigenvalue weighted by Crippen LogP contribution is 2.18. The van der Waals surface area contributed by atoms with E-state index in [1.54, 1.807) is 0 Å². The number of unbranched alkanes of at least 4 members (excludes halogenated alkanes) is 1. The molecule has 2 N–H and O–H groups in total. The lowest BCUT2D eigenvalue weighted by atomic mass is 10.1. The number of guanidine groups is 1. The number of aromatic nitrogens is 1. The first kappa shape index (κ1) is 21.8. The van der Waals surface area contributed by atoms with Crippen LogP contribution in [-0.2, 0) is 9.47 Å². The number of nitrogens with zero attached hydrogens (tertiary/aromatic N) is 3. The van der Waals surface area contributed by atoms with Gasteiger partial charge in [-0.2, -0.15) is 0 Å². The van der Waals surface area contributed by atoms with Crippen LogP contribution in [0.2, 0.25) is 0 Å². The Hall–Kier alpha value is -1.86. The van der Waals surface area contributed by atoms with E-state index in [2.05, 4.69) is 25.5 Å². The van der Waals surface area contributed by atoms with Crippen molar-refractivity contribution in [3.63, 3.8) is 0 Å². The number of piperidine rings is 1. The quantitative estimate of drug-likeness (QED) is 0.375. The van der Waals surface area contributed by atoms with Gasteiger partial charge in [0.05, 0.1) is 18.8 Å². The summed E-state index contributed by atoms with van der Waals surface area (Å²) in [6.45, 7) is 5.52. The highest BCUT2D eigenvalue weighted by atomic mass is 16.5. The van der Waals surface area contributed by atoms with E-state index < -0.39 is 0 Å². The Morgan fingerprint density at radius 2 is 2.07 bits per heavy atom. The molecule has 1 aromatic heterocycles. The van der Waals surface area contributed by atoms with Gasteiger partial charge in [0.15, 0.2) is 5.96 Å². The number of likely N-dealkylation sites (tertiary alicyclic amines) is 1. The summed E-state index contributed by atoms with van der Waals surface area (Å²) in [5.41, 5.74) is 0. The van der Waals surface area contributed by atoms with Crippen LogP contribution in [0.3, 0.4) is 0 Å². The molecule has 2 aliphatic rings. The molecular weight excluding hydrogens is 366 g/mol. The molecule has 7 nitrogen and oxygen atoms in total. The first-order valence-electron chi connectivity index (χ1n) is 11.2. The van der Waals surface area contributed by atoms with Gasteiger partial charge in [-0.3, -0.25) is 4.99 Å². The lowest BCUT2D eigenvalue weighted by molar-refractivity contribution is -0.0721. The molecule has 0 spiro atoms. The van der Waals surface area contributed by atoms with Crippen molar-refractivity contribution in [2.75, 3.05) is 51.8 Å². The van der Waals surface area contributed by atoms with Gasteiger partial charge >= 0.3 is 0 Å². The van der Waals surface area contributed by atoms with E-state index in [0.29, 0.717) is 12.2 Å². The lowest BCUT2D eigenvalue weighted by Crippen LogP contribution is -2.47. The second-order valence-corrected chi connectivity index (χ2v) is 7.83. The molecule has 1 aromatic rings. The molecule has 1 unspecified atom stereocenters. The topological polar surface area (TPSA) is 71.0 Å². The summed E-state index contributed by atoms with van der Waals surface area (Å²) in [6, 6.07) is 5.93. The number of anilines is 1. The van der Waals surface area contributed by atoms with E-state index in [4.69, 9.17) is 9.47 Å². The third-order valence-corrected chi connectivity index (χ3v) is 5.60. The second-order valence-electron chi connectivity index (χ2n) is 7.83. The Bertz CT molecular complexity index is 584. The predicted octanol–water partition coefficient (Wildman–Crippen LogP) is 2.90. The van der Waals surface area contributed by atoms with Gasteiger partial charge in [0, 0.05) is 46.0 Å². The molecule has 162 valence electrons. The van der Waals surface area contributed by atoms with E-state index >= 15 is 0 Å². The molecule has 2 saturated heterocycles. The monoisotopic (exact) mass is 403 g/mol. The average molecular weight is 404 g/mol. The molecule has 3 heterocycles. The first-order chi connectivity index (χ1) is 14.3. The fourth-order valence-electron chi connectivity index (χ4n) is 3.88. The molecule has 7 heteroatoms. The maximum absolute atomic E-state index is 6.12. The first-order valence-corrected chi connectivity index (χ1v) is 11.2. The van der Waals surface area contributed by atoms with Crippen molar-refractivity contribution in [3.8, 4) is 0 Å². The summed E-state index contributed by atoms with van der Waals surface area (Å²) in [4.78, 5) is 11.1. The van der Waals surface area contributed by atoms with Gasteiger partial charge in [-0.15, -0.1) is 0 Å². The number of pyridine rings is 1. The van der Waals surface area contributed by atoms with Crippen LogP contribution < -0.4 is 10.6 Å². The van der Waals surface area contributed by atoms with E-state index in [-0.39, 0.29) is 0 Å². The number of hydrogen-bond donors (Lipinski definition) is 2. The number of ether oxygens (including phenoxy) is 2. The Labute approximate surface area is 175 Å². The van der Waals surface area contributed by atoms with Gasteiger partial charge in [0.2, 0.25) is 0 Å². The summed E-state index contributed by atoms with van der Waals surface area (Å²) in [6.07, 6.45) is 10.4. The van der Waals surface area contributed by atoms with Gasteiger partial charge < -0.3 is 25.0 Å². The summed E-state index contributed by atoms with van der Waals surface area (Å²) >= 11 is 0. The van der Waals surface area contributed by atoms with Gasteiger partial charge in [-0.1, -0.05) is 6.07 Å². The van der Waals surface area contributed by atoms with Gasteiger partial charge in [0.25, 0.3) is 0 Å². The highest BCUT2D eigenvalue weighted by molar-refractivity contribution is 5.79. The zero-order valence-corrected chi connectivity index (χ0v) is 17.8. The molecule has 0 radical (unpaired) electrons. The van der Waals surface area contributed by atoms with Gasteiger partial charge in [-0.05, 0) is 57.1 Å². The van der Waals surface area contributed by atoms with Gasteiger partial charge in [-0.25, -0.2) is 4.98 Å². The largest absolute Gasteiger partial charge is 0.376 e. The molecule has 2 fully saturated rings. The number of rotatable bonds is 9. The fourth-order valence-corrected chi connectivity index (χ4v) is 3.88. The molecule has 29 heavy (non-hydrogen) atoms. The zero-order chi connectivity index (χ0) is 20.2. The van der Waals surface area contributed by atoms with Gasteiger partial charge in [0.1, 0.15) is 5.82 Å². The molecule has 0 aliphatic carbocycles. The Balaban J connectivity index is 1.25. The van der Waals surface area contributed by atoms with Crippen molar-refractivity contribution in [3.05, 3.63) is 24.4 Å². The zero-order valence-electron chi connectivity index (χ0n) is 17.8. The molecule has 2 aliphatic heterocycles. The standard InChI is InChI=1S/C22H37N5O2/c1-23-22(26-14-6-5-13-25-21-9-2-4-12-24-21)27-15-10-19(11-16-27)29-18-20-8-3-7-17-28-20/h2,4,9,12,19-20H,3,5-8,10-11,13-18H2,1H3,(H,23,26)(H,24,25). The van der Waals surface area contributed by atoms with Crippen LogP contribution in [0, 0.1) is 0 Å². The third kappa shape index (κ3) is 7.82. The molecular formula is C22H37N5O2. The van der Waals surface area contributed by atoms with E-state index in [1.807, 2.05) is 31.4 Å². The van der Waals surface area contributed by atoms with Crippen LogP contribution in [0.4, 0.5) is 5.82 Å². The lowest BCUT2D eigenvalue weighted by Gasteiger charge is -2.35. The van der Waals surface area contributed by atoms with Crippen LogP contribution in [0.1, 0.15) is 44.9 Å². The SMILES string of the molecule is CN=C(NCCCCNc1ccccn1)N1CCC(OCC2CCCCO2)CC1. The number of hydrogen-bond acceptors (Lipinski definition) is 5. The molecule has 0 saturated carbocycles. The molecule has 0 bridgehead atoms. The summed E-state index contributed by atoms with van der Waals surface area (Å²) in [5, 5.41) is 6.86. The van der Waals surface area contributed by atoms with Crippen LogP contribution in [0.15, 0.2) is 29.4 Å². The Morgan fingerprint density at radius 1 is 1.21 bits per heavy atom. The van der Waals surface area contributed by atoms with Crippen molar-refractivity contribution in [2.45, 2.75) is 57.2 Å². The molecule has 1 atom stereocenters. The Kier molecular flexibility index (Phi) is 9.53. The van der Waals surface area contributed by atoms with Crippen molar-refractivity contribution in [1.82, 2.24) is 15.2 Å². The van der Waals surface area contributed by atoms with E-state index in [0.717, 1.165) is 83.3 Å². The van der Waals surface area contributed by atoms with Crippen molar-refractivity contribution in [1.29, 1.82) is 0 Å². The fraction of sp³-hybridized carbons (Fsp3) is 0.727. The molecule has 0 aromatic carbocycles. The van der Waals surface area contributed by atoms with Crippen molar-refractivity contribution < 1.29 is 9.47 Å². The molecule has 3 rings (SSSR count). The predicted molar refractivity (Wildman–Crippen MR) is 117 cm³/mol. The maximum atomic E-state index is 6.12.